The average molecular weight is 443 g/mol. The molecule has 0 aliphatic carbocycles. The number of carbonyl (C=O) groups is 2. The van der Waals surface area contributed by atoms with Crippen LogP contribution in [0.1, 0.15) is 18.1 Å². The predicted molar refractivity (Wildman–Crippen MR) is 115 cm³/mol. The lowest BCUT2D eigenvalue weighted by Gasteiger charge is -2.29. The maximum atomic E-state index is 13.1. The van der Waals surface area contributed by atoms with Crippen molar-refractivity contribution in [1.29, 1.82) is 0 Å². The molecule has 2 amide bonds. The number of rotatable bonds is 3. The summed E-state index contributed by atoms with van der Waals surface area (Å²) in [4.78, 5) is 26.6. The largest absolute Gasteiger partial charge is 0.416 e. The van der Waals surface area contributed by atoms with Gasteiger partial charge in [-0.1, -0.05) is 24.3 Å². The number of para-hydroxylation sites is 1. The highest BCUT2D eigenvalue weighted by Gasteiger charge is 2.36. The molecule has 0 saturated carbocycles. The van der Waals surface area contributed by atoms with Gasteiger partial charge in [0.2, 0.25) is 0 Å². The Balaban J connectivity index is 1.80. The number of nitrogens with one attached hydrogen (secondary N) is 1. The minimum absolute atomic E-state index is 0.0771. The van der Waals surface area contributed by atoms with Gasteiger partial charge in [0, 0.05) is 29.2 Å². The van der Waals surface area contributed by atoms with Crippen LogP contribution < -0.4 is 10.2 Å². The molecule has 9 heteroatoms. The molecule has 1 fully saturated rings. The lowest BCUT2D eigenvalue weighted by molar-refractivity contribution is -0.137. The number of carbonyl (C=O) groups excluding carboxylic acids is 2. The summed E-state index contributed by atoms with van der Waals surface area (Å²) in [5.74, 6) is -1.49. The van der Waals surface area contributed by atoms with Gasteiger partial charge in [0.1, 0.15) is 5.57 Å². The maximum Gasteiger partial charge on any atom is 0.416 e. The van der Waals surface area contributed by atoms with Crippen LogP contribution in [0.5, 0.6) is 0 Å². The molecule has 3 aromatic rings. The second kappa shape index (κ2) is 7.66. The third-order valence-electron chi connectivity index (χ3n) is 4.99. The van der Waals surface area contributed by atoms with Crippen LogP contribution in [-0.2, 0) is 22.3 Å². The molecule has 0 bridgehead atoms. The Kier molecular flexibility index (Phi) is 5.14. The zero-order chi connectivity index (χ0) is 22.3. The number of halogens is 3. The minimum Gasteiger partial charge on any atom is -0.347 e. The number of benzene rings is 2. The van der Waals surface area contributed by atoms with Crippen LogP contribution in [0, 0.1) is 0 Å². The number of nitrogens with zero attached hydrogens (tertiary/aromatic N) is 2. The zero-order valence-corrected chi connectivity index (χ0v) is 17.1. The van der Waals surface area contributed by atoms with Gasteiger partial charge < -0.3 is 4.57 Å². The third kappa shape index (κ3) is 3.72. The Morgan fingerprint density at radius 3 is 2.55 bits per heavy atom. The van der Waals surface area contributed by atoms with Crippen LogP contribution in [0.2, 0.25) is 0 Å². The quantitative estimate of drug-likeness (QED) is 0.368. The first-order chi connectivity index (χ1) is 14.7. The first kappa shape index (κ1) is 20.8. The van der Waals surface area contributed by atoms with Gasteiger partial charge in [-0.15, -0.1) is 0 Å². The molecule has 4 rings (SSSR count). The molecule has 1 aliphatic heterocycles. The van der Waals surface area contributed by atoms with Crippen molar-refractivity contribution in [1.82, 2.24) is 9.88 Å². The van der Waals surface area contributed by atoms with Gasteiger partial charge in [-0.25, -0.2) is 0 Å². The van der Waals surface area contributed by atoms with Crippen molar-refractivity contribution in [2.24, 2.45) is 0 Å². The Bertz CT molecular complexity index is 1260. The van der Waals surface area contributed by atoms with Gasteiger partial charge in [0.25, 0.3) is 11.8 Å². The molecule has 1 saturated heterocycles. The van der Waals surface area contributed by atoms with Crippen molar-refractivity contribution in [3.05, 3.63) is 71.4 Å². The number of anilines is 1. The molecule has 0 atom stereocenters. The fourth-order valence-electron chi connectivity index (χ4n) is 3.52. The fourth-order valence-corrected chi connectivity index (χ4v) is 3.80. The Morgan fingerprint density at radius 2 is 1.84 bits per heavy atom. The Hall–Kier alpha value is -3.46. The monoisotopic (exact) mass is 443 g/mol. The second-order valence-electron chi connectivity index (χ2n) is 6.89. The third-order valence-corrected chi connectivity index (χ3v) is 5.28. The molecule has 2 heterocycles. The van der Waals surface area contributed by atoms with Gasteiger partial charge >= 0.3 is 6.18 Å². The Labute approximate surface area is 180 Å². The zero-order valence-electron chi connectivity index (χ0n) is 16.2. The normalized spacial score (nSPS) is 16.3. The van der Waals surface area contributed by atoms with Gasteiger partial charge in [-0.3, -0.25) is 19.8 Å². The summed E-state index contributed by atoms with van der Waals surface area (Å²) < 4.78 is 41.3. The lowest BCUT2D eigenvalue weighted by atomic mass is 10.1. The van der Waals surface area contributed by atoms with Crippen LogP contribution in [-0.4, -0.2) is 21.5 Å². The van der Waals surface area contributed by atoms with Gasteiger partial charge in [-0.2, -0.15) is 13.2 Å². The highest BCUT2D eigenvalue weighted by Crippen LogP contribution is 2.33. The van der Waals surface area contributed by atoms with E-state index < -0.39 is 23.6 Å². The minimum atomic E-state index is -4.58. The molecule has 1 aromatic heterocycles. The smallest absolute Gasteiger partial charge is 0.347 e. The van der Waals surface area contributed by atoms with E-state index in [4.69, 9.17) is 12.2 Å². The summed E-state index contributed by atoms with van der Waals surface area (Å²) in [7, 11) is 0. The van der Waals surface area contributed by atoms with Gasteiger partial charge in [-0.05, 0) is 49.5 Å². The molecule has 0 unspecified atom stereocenters. The first-order valence-electron chi connectivity index (χ1n) is 9.37. The van der Waals surface area contributed by atoms with Crippen molar-refractivity contribution in [3.8, 4) is 0 Å². The number of alkyl halides is 3. The molecule has 5 nitrogen and oxygen atoms in total. The van der Waals surface area contributed by atoms with E-state index in [9.17, 15) is 22.8 Å². The molecule has 31 heavy (non-hydrogen) atoms. The topological polar surface area (TPSA) is 54.3 Å². The molecule has 1 N–H and O–H groups in total. The summed E-state index contributed by atoms with van der Waals surface area (Å²) >= 11 is 5.08. The number of thiocarbonyl (C=S) groups is 1. The second-order valence-corrected chi connectivity index (χ2v) is 7.28. The summed E-state index contributed by atoms with van der Waals surface area (Å²) in [6.07, 6.45) is -1.32. The fraction of sp³-hybridized carbons (Fsp3) is 0.136. The average Bonchev–Trinajstić information content (AvgIpc) is 3.08. The van der Waals surface area contributed by atoms with E-state index >= 15 is 0 Å². The SMILES string of the molecule is CCn1cc(/C=C2\C(=O)NC(=S)N(c3cccc(C(F)(F)F)c3)C2=O)c2ccccc21. The van der Waals surface area contributed by atoms with Crippen molar-refractivity contribution in [2.45, 2.75) is 19.6 Å². The van der Waals surface area contributed by atoms with Crippen molar-refractivity contribution >= 4 is 51.8 Å². The Morgan fingerprint density at radius 1 is 1.10 bits per heavy atom. The summed E-state index contributed by atoms with van der Waals surface area (Å²) in [5, 5.41) is 2.97. The van der Waals surface area contributed by atoms with Gasteiger partial charge in [0.05, 0.1) is 11.3 Å². The number of hydrogen-bond donors (Lipinski definition) is 1. The molecular weight excluding hydrogens is 427 g/mol. The summed E-state index contributed by atoms with van der Waals surface area (Å²) in [6.45, 7) is 2.65. The highest BCUT2D eigenvalue weighted by atomic mass is 32.1. The van der Waals surface area contributed by atoms with E-state index in [0.29, 0.717) is 12.1 Å². The number of amides is 2. The predicted octanol–water partition coefficient (Wildman–Crippen LogP) is 4.51. The lowest BCUT2D eigenvalue weighted by Crippen LogP contribution is -2.54. The standard InChI is InChI=1S/C22H16F3N3O2S/c1-2-27-12-13(16-8-3-4-9-18(16)27)10-17-19(29)26-21(31)28(20(17)30)15-7-5-6-14(11-15)22(23,24)25/h3-12H,2H2,1H3,(H,26,29,31)/b17-10+. The molecular formula is C22H16F3N3O2S. The van der Waals surface area contributed by atoms with Crippen LogP contribution in [0.25, 0.3) is 17.0 Å². The number of aryl methyl sites for hydroxylation is 1. The van der Waals surface area contributed by atoms with Crippen molar-refractivity contribution in [3.63, 3.8) is 0 Å². The van der Waals surface area contributed by atoms with E-state index in [1.165, 1.54) is 18.2 Å². The van der Waals surface area contributed by atoms with Crippen molar-refractivity contribution < 1.29 is 22.8 Å². The molecule has 0 radical (unpaired) electrons. The van der Waals surface area contributed by atoms with Crippen molar-refractivity contribution in [2.75, 3.05) is 4.90 Å². The van der Waals surface area contributed by atoms with E-state index in [1.54, 1.807) is 0 Å². The van der Waals surface area contributed by atoms with E-state index in [1.807, 2.05) is 42.0 Å². The van der Waals surface area contributed by atoms with Crippen LogP contribution >= 0.6 is 12.2 Å². The van der Waals surface area contributed by atoms with E-state index in [2.05, 4.69) is 5.32 Å². The maximum absolute atomic E-state index is 13.1. The van der Waals surface area contributed by atoms with Crippen LogP contribution in [0.15, 0.2) is 60.3 Å². The summed E-state index contributed by atoms with van der Waals surface area (Å²) in [6, 6.07) is 11.8. The highest BCUT2D eigenvalue weighted by molar-refractivity contribution is 7.80. The first-order valence-corrected chi connectivity index (χ1v) is 9.78. The van der Waals surface area contributed by atoms with E-state index in [0.717, 1.165) is 27.9 Å². The number of fused-ring (bicyclic) bond motifs is 1. The summed E-state index contributed by atoms with van der Waals surface area (Å²) in [5.41, 5.74) is 0.365. The number of aromatic nitrogens is 1. The molecule has 0 spiro atoms. The van der Waals surface area contributed by atoms with Crippen LogP contribution in [0.4, 0.5) is 18.9 Å². The molecule has 158 valence electrons. The number of hydrogen-bond acceptors (Lipinski definition) is 3. The molecule has 2 aromatic carbocycles. The molecule has 1 aliphatic rings. The van der Waals surface area contributed by atoms with E-state index in [-0.39, 0.29) is 16.4 Å². The van der Waals surface area contributed by atoms with Gasteiger partial charge in [0.15, 0.2) is 5.11 Å². The van der Waals surface area contributed by atoms with Crippen LogP contribution in [0.3, 0.4) is 0 Å².